The predicted molar refractivity (Wildman–Crippen MR) is 94.0 cm³/mol. The van der Waals surface area contributed by atoms with Crippen molar-refractivity contribution in [3.8, 4) is 0 Å². The average molecular weight is 295 g/mol. The molecule has 0 atom stereocenters. The molecule has 2 heteroatoms. The summed E-state index contributed by atoms with van der Waals surface area (Å²) < 4.78 is 0. The summed E-state index contributed by atoms with van der Waals surface area (Å²) in [5.41, 5.74) is 3.61. The average Bonchev–Trinajstić information content (AvgIpc) is 2.57. The molecule has 1 nitrogen and oxygen atoms in total. The molecule has 0 unspecified atom stereocenters. The van der Waals surface area contributed by atoms with Crippen molar-refractivity contribution in [3.05, 3.63) is 65.7 Å². The van der Waals surface area contributed by atoms with Crippen LogP contribution < -0.4 is 5.32 Å². The first-order valence-electron chi connectivity index (χ1n) is 7.79. The second kappa shape index (κ2) is 6.86. The van der Waals surface area contributed by atoms with Crippen LogP contribution in [0.5, 0.6) is 0 Å². The molecule has 0 bridgehead atoms. The fourth-order valence-electron chi connectivity index (χ4n) is 3.07. The second-order valence-electron chi connectivity index (χ2n) is 5.78. The monoisotopic (exact) mass is 295 g/mol. The van der Waals surface area contributed by atoms with E-state index in [4.69, 9.17) is 12.2 Å². The van der Waals surface area contributed by atoms with Crippen molar-refractivity contribution in [1.29, 1.82) is 0 Å². The van der Waals surface area contributed by atoms with Gasteiger partial charge in [0, 0.05) is 11.3 Å². The van der Waals surface area contributed by atoms with E-state index in [1.165, 1.54) is 37.7 Å². The highest BCUT2D eigenvalue weighted by atomic mass is 32.1. The summed E-state index contributed by atoms with van der Waals surface area (Å²) in [5, 5.41) is 3.32. The number of nitrogens with one attached hydrogen (secondary N) is 1. The number of rotatable bonds is 3. The minimum atomic E-state index is 0.758. The Morgan fingerprint density at radius 1 is 0.857 bits per heavy atom. The molecule has 1 saturated carbocycles. The third-order valence-corrected chi connectivity index (χ3v) is 4.62. The van der Waals surface area contributed by atoms with Crippen LogP contribution in [0.3, 0.4) is 0 Å². The summed E-state index contributed by atoms with van der Waals surface area (Å²) in [6, 6.07) is 18.9. The van der Waals surface area contributed by atoms with Crippen LogP contribution in [0.4, 0.5) is 5.69 Å². The minimum Gasteiger partial charge on any atom is -0.346 e. The standard InChI is InChI=1S/C19H21NS/c21-19(17-9-5-2-6-10-17)20-18-13-11-16(12-14-18)15-7-3-1-4-8-15/h2,5-6,9-15H,1,3-4,7-8H2,(H,20,21). The number of benzene rings is 2. The molecule has 0 saturated heterocycles. The van der Waals surface area contributed by atoms with Crippen LogP contribution in [-0.2, 0) is 0 Å². The summed E-state index contributed by atoms with van der Waals surface area (Å²) in [6.45, 7) is 0. The molecular weight excluding hydrogens is 274 g/mol. The van der Waals surface area contributed by atoms with E-state index in [0.717, 1.165) is 22.2 Å². The van der Waals surface area contributed by atoms with E-state index < -0.39 is 0 Å². The molecule has 1 fully saturated rings. The van der Waals surface area contributed by atoms with Gasteiger partial charge in [0.1, 0.15) is 4.99 Å². The van der Waals surface area contributed by atoms with E-state index in [1.807, 2.05) is 30.3 Å². The molecule has 1 aliphatic rings. The number of hydrogen-bond donors (Lipinski definition) is 1. The molecule has 2 aromatic carbocycles. The van der Waals surface area contributed by atoms with E-state index >= 15 is 0 Å². The summed E-state index contributed by atoms with van der Waals surface area (Å²) in [6.07, 6.45) is 6.84. The topological polar surface area (TPSA) is 12.0 Å². The lowest BCUT2D eigenvalue weighted by atomic mass is 9.84. The Bertz CT molecular complexity index is 583. The van der Waals surface area contributed by atoms with Crippen LogP contribution in [0.1, 0.15) is 49.1 Å². The van der Waals surface area contributed by atoms with Crippen LogP contribution in [0.2, 0.25) is 0 Å². The first-order valence-corrected chi connectivity index (χ1v) is 8.20. The van der Waals surface area contributed by atoms with Gasteiger partial charge < -0.3 is 5.32 Å². The molecule has 0 radical (unpaired) electrons. The quantitative estimate of drug-likeness (QED) is 0.748. The maximum absolute atomic E-state index is 5.45. The lowest BCUT2D eigenvalue weighted by Gasteiger charge is -2.22. The van der Waals surface area contributed by atoms with E-state index in [-0.39, 0.29) is 0 Å². The normalized spacial score (nSPS) is 15.6. The minimum absolute atomic E-state index is 0.758. The van der Waals surface area contributed by atoms with Crippen LogP contribution in [0.15, 0.2) is 54.6 Å². The largest absolute Gasteiger partial charge is 0.346 e. The van der Waals surface area contributed by atoms with Gasteiger partial charge in [-0.3, -0.25) is 0 Å². The third-order valence-electron chi connectivity index (χ3n) is 4.28. The highest BCUT2D eigenvalue weighted by Crippen LogP contribution is 2.32. The molecule has 0 aromatic heterocycles. The smallest absolute Gasteiger partial charge is 0.110 e. The molecule has 21 heavy (non-hydrogen) atoms. The fourth-order valence-corrected chi connectivity index (χ4v) is 3.32. The SMILES string of the molecule is S=C(Nc1ccc(C2CCCCC2)cc1)c1ccccc1. The number of hydrogen-bond acceptors (Lipinski definition) is 1. The zero-order valence-corrected chi connectivity index (χ0v) is 13.0. The summed E-state index contributed by atoms with van der Waals surface area (Å²) in [5.74, 6) is 0.758. The molecule has 0 amide bonds. The van der Waals surface area contributed by atoms with Crippen molar-refractivity contribution < 1.29 is 0 Å². The van der Waals surface area contributed by atoms with Gasteiger partial charge in [-0.15, -0.1) is 0 Å². The maximum atomic E-state index is 5.45. The Kier molecular flexibility index (Phi) is 4.66. The van der Waals surface area contributed by atoms with Gasteiger partial charge in [0.15, 0.2) is 0 Å². The van der Waals surface area contributed by atoms with Gasteiger partial charge >= 0.3 is 0 Å². The first kappa shape index (κ1) is 14.3. The lowest BCUT2D eigenvalue weighted by molar-refractivity contribution is 0.443. The zero-order chi connectivity index (χ0) is 14.5. The maximum Gasteiger partial charge on any atom is 0.110 e. The molecule has 1 N–H and O–H groups in total. The van der Waals surface area contributed by atoms with Crippen LogP contribution in [0.25, 0.3) is 0 Å². The molecule has 2 aromatic rings. The van der Waals surface area contributed by atoms with Crippen molar-refractivity contribution in [2.75, 3.05) is 5.32 Å². The fraction of sp³-hybridized carbons (Fsp3) is 0.316. The summed E-state index contributed by atoms with van der Waals surface area (Å²) in [7, 11) is 0. The molecule has 108 valence electrons. The van der Waals surface area contributed by atoms with Crippen LogP contribution in [0, 0.1) is 0 Å². The van der Waals surface area contributed by atoms with Gasteiger partial charge in [-0.05, 0) is 36.5 Å². The molecule has 1 aliphatic carbocycles. The zero-order valence-electron chi connectivity index (χ0n) is 12.2. The molecule has 0 heterocycles. The summed E-state index contributed by atoms with van der Waals surface area (Å²) in [4.78, 5) is 0.779. The van der Waals surface area contributed by atoms with Gasteiger partial charge in [0.05, 0.1) is 0 Å². The number of thiocarbonyl (C=S) groups is 1. The van der Waals surface area contributed by atoms with Crippen molar-refractivity contribution in [3.63, 3.8) is 0 Å². The molecule has 0 aliphatic heterocycles. The van der Waals surface area contributed by atoms with Crippen molar-refractivity contribution in [1.82, 2.24) is 0 Å². The Morgan fingerprint density at radius 3 is 2.19 bits per heavy atom. The van der Waals surface area contributed by atoms with Crippen molar-refractivity contribution in [2.24, 2.45) is 0 Å². The van der Waals surface area contributed by atoms with Gasteiger partial charge in [0.25, 0.3) is 0 Å². The van der Waals surface area contributed by atoms with E-state index in [9.17, 15) is 0 Å². The Balaban J connectivity index is 1.65. The molecular formula is C19H21NS. The van der Waals surface area contributed by atoms with Gasteiger partial charge in [-0.1, -0.05) is 73.9 Å². The van der Waals surface area contributed by atoms with Crippen LogP contribution in [-0.4, -0.2) is 4.99 Å². The third kappa shape index (κ3) is 3.70. The Hall–Kier alpha value is -1.67. The van der Waals surface area contributed by atoms with E-state index in [0.29, 0.717) is 0 Å². The predicted octanol–water partition coefficient (Wildman–Crippen LogP) is 5.52. The van der Waals surface area contributed by atoms with Crippen molar-refractivity contribution >= 4 is 22.9 Å². The first-order chi connectivity index (χ1) is 10.3. The number of anilines is 1. The second-order valence-corrected chi connectivity index (χ2v) is 6.19. The van der Waals surface area contributed by atoms with Gasteiger partial charge in [-0.25, -0.2) is 0 Å². The van der Waals surface area contributed by atoms with Gasteiger partial charge in [-0.2, -0.15) is 0 Å². The van der Waals surface area contributed by atoms with Crippen molar-refractivity contribution in [2.45, 2.75) is 38.0 Å². The highest BCUT2D eigenvalue weighted by molar-refractivity contribution is 7.81. The molecule has 0 spiro atoms. The lowest BCUT2D eigenvalue weighted by Crippen LogP contribution is -2.10. The van der Waals surface area contributed by atoms with E-state index in [1.54, 1.807) is 0 Å². The Morgan fingerprint density at radius 2 is 1.52 bits per heavy atom. The van der Waals surface area contributed by atoms with Gasteiger partial charge in [0.2, 0.25) is 0 Å². The highest BCUT2D eigenvalue weighted by Gasteiger charge is 2.15. The van der Waals surface area contributed by atoms with E-state index in [2.05, 4.69) is 29.6 Å². The summed E-state index contributed by atoms with van der Waals surface area (Å²) >= 11 is 5.45. The van der Waals surface area contributed by atoms with Crippen LogP contribution >= 0.6 is 12.2 Å². The molecule has 3 rings (SSSR count). The Labute approximate surface area is 132 Å².